The Morgan fingerprint density at radius 2 is 1.94 bits per heavy atom. The zero-order chi connectivity index (χ0) is 13.1. The first-order valence-corrected chi connectivity index (χ1v) is 6.67. The van der Waals surface area contributed by atoms with E-state index in [1.165, 1.54) is 0 Å². The lowest BCUT2D eigenvalue weighted by molar-refractivity contribution is -0.126. The second-order valence-electron chi connectivity index (χ2n) is 5.50. The molecule has 0 bridgehead atoms. The molecule has 0 heterocycles. The molecule has 3 N–H and O–H groups in total. The highest BCUT2D eigenvalue weighted by Gasteiger charge is 2.56. The Morgan fingerprint density at radius 3 is 2.29 bits per heavy atom. The highest BCUT2D eigenvalue weighted by Crippen LogP contribution is 2.53. The van der Waals surface area contributed by atoms with Crippen LogP contribution in [-0.2, 0) is 4.79 Å². The Balaban J connectivity index is 2.49. The standard InChI is InChI=1S/C13H27N3O/c1-5-16(6-2)10-9-15-13(4,11(14)17)12(3)7-8-12/h15H,5-10H2,1-4H3,(H2,14,17). The quantitative estimate of drug-likeness (QED) is 0.665. The van der Waals surface area contributed by atoms with Crippen molar-refractivity contribution in [2.24, 2.45) is 11.1 Å². The molecule has 0 aromatic rings. The van der Waals surface area contributed by atoms with Gasteiger partial charge in [-0.1, -0.05) is 20.8 Å². The Kier molecular flexibility index (Phi) is 4.55. The topological polar surface area (TPSA) is 58.4 Å². The van der Waals surface area contributed by atoms with E-state index in [0.717, 1.165) is 39.0 Å². The molecule has 0 aromatic heterocycles. The molecule has 1 atom stereocenters. The zero-order valence-corrected chi connectivity index (χ0v) is 11.7. The fourth-order valence-electron chi connectivity index (χ4n) is 2.29. The Labute approximate surface area is 105 Å². The molecule has 1 unspecified atom stereocenters. The fourth-order valence-corrected chi connectivity index (χ4v) is 2.29. The summed E-state index contributed by atoms with van der Waals surface area (Å²) in [4.78, 5) is 14.0. The Morgan fingerprint density at radius 1 is 1.41 bits per heavy atom. The summed E-state index contributed by atoms with van der Waals surface area (Å²) in [5.41, 5.74) is 5.07. The maximum atomic E-state index is 11.7. The third-order valence-corrected chi connectivity index (χ3v) is 4.50. The molecule has 1 rings (SSSR count). The number of primary amides is 1. The number of nitrogens with zero attached hydrogens (tertiary/aromatic N) is 1. The minimum atomic E-state index is -0.555. The molecule has 17 heavy (non-hydrogen) atoms. The molecule has 1 aliphatic carbocycles. The van der Waals surface area contributed by atoms with Crippen molar-refractivity contribution < 1.29 is 4.79 Å². The minimum absolute atomic E-state index is 0.0576. The van der Waals surface area contributed by atoms with Crippen molar-refractivity contribution in [3.05, 3.63) is 0 Å². The lowest BCUT2D eigenvalue weighted by atomic mass is 9.83. The SMILES string of the molecule is CCN(CC)CCNC(C)(C(N)=O)C1(C)CC1. The second-order valence-corrected chi connectivity index (χ2v) is 5.50. The molecule has 1 aliphatic rings. The first-order valence-electron chi connectivity index (χ1n) is 6.67. The van der Waals surface area contributed by atoms with Gasteiger partial charge in [0.25, 0.3) is 0 Å². The molecule has 1 saturated carbocycles. The van der Waals surface area contributed by atoms with Crippen molar-refractivity contribution in [3.63, 3.8) is 0 Å². The number of likely N-dealkylation sites (N-methyl/N-ethyl adjacent to an activating group) is 1. The van der Waals surface area contributed by atoms with E-state index in [-0.39, 0.29) is 11.3 Å². The van der Waals surface area contributed by atoms with Crippen LogP contribution in [0, 0.1) is 5.41 Å². The molecule has 1 amide bonds. The van der Waals surface area contributed by atoms with Gasteiger partial charge in [0.15, 0.2) is 0 Å². The minimum Gasteiger partial charge on any atom is -0.368 e. The van der Waals surface area contributed by atoms with Crippen LogP contribution in [0.1, 0.15) is 40.5 Å². The van der Waals surface area contributed by atoms with E-state index in [1.807, 2.05) is 6.92 Å². The lowest BCUT2D eigenvalue weighted by Crippen LogP contribution is -2.59. The van der Waals surface area contributed by atoms with Crippen molar-refractivity contribution >= 4 is 5.91 Å². The fraction of sp³-hybridized carbons (Fsp3) is 0.923. The summed E-state index contributed by atoms with van der Waals surface area (Å²) < 4.78 is 0. The predicted octanol–water partition coefficient (Wildman–Crippen LogP) is 0.962. The number of nitrogens with one attached hydrogen (secondary N) is 1. The van der Waals surface area contributed by atoms with Gasteiger partial charge < -0.3 is 16.0 Å². The van der Waals surface area contributed by atoms with Gasteiger partial charge in [-0.25, -0.2) is 0 Å². The van der Waals surface area contributed by atoms with Gasteiger partial charge in [-0.15, -0.1) is 0 Å². The number of amides is 1. The van der Waals surface area contributed by atoms with E-state index < -0.39 is 5.54 Å². The average Bonchev–Trinajstić information content (AvgIpc) is 3.03. The van der Waals surface area contributed by atoms with Crippen LogP contribution in [0.4, 0.5) is 0 Å². The first kappa shape index (κ1) is 14.5. The van der Waals surface area contributed by atoms with Crippen molar-refractivity contribution in [3.8, 4) is 0 Å². The number of carbonyl (C=O) groups is 1. The average molecular weight is 241 g/mol. The van der Waals surface area contributed by atoms with Crippen LogP contribution in [0.2, 0.25) is 0 Å². The van der Waals surface area contributed by atoms with Gasteiger partial charge in [-0.2, -0.15) is 0 Å². The summed E-state index contributed by atoms with van der Waals surface area (Å²) in [5, 5.41) is 3.38. The molecule has 4 heteroatoms. The van der Waals surface area contributed by atoms with Crippen LogP contribution in [0.5, 0.6) is 0 Å². The van der Waals surface area contributed by atoms with Crippen molar-refractivity contribution in [1.82, 2.24) is 10.2 Å². The molecule has 0 saturated heterocycles. The van der Waals surface area contributed by atoms with Gasteiger partial charge in [-0.3, -0.25) is 4.79 Å². The number of hydrogen-bond donors (Lipinski definition) is 2. The van der Waals surface area contributed by atoms with Gasteiger partial charge in [0.1, 0.15) is 5.54 Å². The normalized spacial score (nSPS) is 21.2. The van der Waals surface area contributed by atoms with E-state index >= 15 is 0 Å². The van der Waals surface area contributed by atoms with E-state index in [2.05, 4.69) is 31.0 Å². The summed E-state index contributed by atoms with van der Waals surface area (Å²) in [6.45, 7) is 12.3. The molecular formula is C13H27N3O. The molecule has 0 aromatic carbocycles. The van der Waals surface area contributed by atoms with E-state index in [4.69, 9.17) is 5.73 Å². The molecule has 100 valence electrons. The van der Waals surface area contributed by atoms with E-state index in [0.29, 0.717) is 0 Å². The van der Waals surface area contributed by atoms with Gasteiger partial charge in [0, 0.05) is 13.1 Å². The Hall–Kier alpha value is -0.610. The molecular weight excluding hydrogens is 214 g/mol. The summed E-state index contributed by atoms with van der Waals surface area (Å²) >= 11 is 0. The lowest BCUT2D eigenvalue weighted by Gasteiger charge is -2.35. The number of hydrogen-bond acceptors (Lipinski definition) is 3. The summed E-state index contributed by atoms with van der Waals surface area (Å²) in [7, 11) is 0. The number of rotatable bonds is 8. The first-order chi connectivity index (χ1) is 7.89. The van der Waals surface area contributed by atoms with Gasteiger partial charge >= 0.3 is 0 Å². The van der Waals surface area contributed by atoms with Crippen molar-refractivity contribution in [1.29, 1.82) is 0 Å². The molecule has 4 nitrogen and oxygen atoms in total. The van der Waals surface area contributed by atoms with Crippen molar-refractivity contribution in [2.75, 3.05) is 26.2 Å². The molecule has 1 fully saturated rings. The van der Waals surface area contributed by atoms with Crippen LogP contribution in [0.25, 0.3) is 0 Å². The van der Waals surface area contributed by atoms with Gasteiger partial charge in [0.2, 0.25) is 5.91 Å². The van der Waals surface area contributed by atoms with Crippen LogP contribution in [0.15, 0.2) is 0 Å². The van der Waals surface area contributed by atoms with E-state index in [1.54, 1.807) is 0 Å². The largest absolute Gasteiger partial charge is 0.368 e. The zero-order valence-electron chi connectivity index (χ0n) is 11.7. The third kappa shape index (κ3) is 2.99. The summed E-state index contributed by atoms with van der Waals surface area (Å²) in [6.07, 6.45) is 2.18. The molecule has 0 spiro atoms. The number of nitrogens with two attached hydrogens (primary N) is 1. The summed E-state index contributed by atoms with van der Waals surface area (Å²) in [6, 6.07) is 0. The monoisotopic (exact) mass is 241 g/mol. The summed E-state index contributed by atoms with van der Waals surface area (Å²) in [5.74, 6) is -0.225. The van der Waals surface area contributed by atoms with Crippen LogP contribution in [0.3, 0.4) is 0 Å². The second kappa shape index (κ2) is 5.36. The highest BCUT2D eigenvalue weighted by atomic mass is 16.1. The van der Waals surface area contributed by atoms with Crippen LogP contribution < -0.4 is 11.1 Å². The smallest absolute Gasteiger partial charge is 0.238 e. The molecule has 0 aliphatic heterocycles. The predicted molar refractivity (Wildman–Crippen MR) is 70.7 cm³/mol. The number of carbonyl (C=O) groups excluding carboxylic acids is 1. The highest BCUT2D eigenvalue weighted by molar-refractivity contribution is 5.85. The van der Waals surface area contributed by atoms with Crippen LogP contribution in [-0.4, -0.2) is 42.5 Å². The third-order valence-electron chi connectivity index (χ3n) is 4.50. The Bertz CT molecular complexity index is 272. The maximum absolute atomic E-state index is 11.7. The maximum Gasteiger partial charge on any atom is 0.238 e. The van der Waals surface area contributed by atoms with Crippen molar-refractivity contribution in [2.45, 2.75) is 46.1 Å². The van der Waals surface area contributed by atoms with E-state index in [9.17, 15) is 4.79 Å². The van der Waals surface area contributed by atoms with Crippen LogP contribution >= 0.6 is 0 Å². The van der Waals surface area contributed by atoms with Gasteiger partial charge in [0.05, 0.1) is 0 Å². The molecule has 0 radical (unpaired) electrons. The van der Waals surface area contributed by atoms with Gasteiger partial charge in [-0.05, 0) is 38.3 Å².